The molecule has 61 heavy (non-hydrogen) atoms. The summed E-state index contributed by atoms with van der Waals surface area (Å²) in [6, 6.07) is -0.741. The molecule has 0 saturated heterocycles. The maximum Gasteiger partial charge on any atom is 0.222 e. The lowest BCUT2D eigenvalue weighted by atomic mass is 10.0. The minimum Gasteiger partial charge on any atom is -0.394 e. The molecule has 0 aromatic heterocycles. The minimum atomic E-state index is -0.926. The molecule has 0 aliphatic heterocycles. The van der Waals surface area contributed by atoms with Gasteiger partial charge in [0.15, 0.2) is 0 Å². The number of carbonyl (C=O) groups excluding carboxylic acids is 1. The van der Waals surface area contributed by atoms with Gasteiger partial charge in [-0.15, -0.1) is 0 Å². The molecule has 0 radical (unpaired) electrons. The SMILES string of the molecule is CCCCCCCCCCCCCCCCCCC/C=C/C(O)C(CO)NC(=O)CC(O)CCCCCCCCCCCCCCCCCCCCCCCCCCCCC. The van der Waals surface area contributed by atoms with Crippen LogP contribution in [-0.2, 0) is 4.79 Å². The first-order chi connectivity index (χ1) is 30.0. The summed E-state index contributed by atoms with van der Waals surface area (Å²) in [4.78, 5) is 12.5. The summed E-state index contributed by atoms with van der Waals surface area (Å²) >= 11 is 0. The fraction of sp³-hybridized carbons (Fsp3) is 0.946. The maximum atomic E-state index is 12.5. The van der Waals surface area contributed by atoms with E-state index < -0.39 is 18.2 Å². The normalized spacial score (nSPS) is 13.3. The molecule has 0 saturated carbocycles. The Labute approximate surface area is 382 Å². The van der Waals surface area contributed by atoms with Gasteiger partial charge in [0.1, 0.15) is 0 Å². The van der Waals surface area contributed by atoms with Gasteiger partial charge < -0.3 is 20.6 Å². The molecule has 0 aliphatic rings. The standard InChI is InChI=1S/C56H111NO4/c1-3-5-7-9-11-13-15-17-19-21-23-24-25-26-27-28-29-30-32-33-35-37-39-41-43-45-47-49-53(59)51-56(61)57-54(52-58)55(60)50-48-46-44-42-40-38-36-34-31-22-20-18-16-14-12-10-8-6-4-2/h48,50,53-55,58-60H,3-47,49,51-52H2,1-2H3,(H,57,61)/b50-48+. The van der Waals surface area contributed by atoms with Crippen LogP contribution in [0.2, 0.25) is 0 Å². The number of rotatable bonds is 52. The summed E-state index contributed by atoms with van der Waals surface area (Å²) in [7, 11) is 0. The van der Waals surface area contributed by atoms with Crippen LogP contribution in [0.5, 0.6) is 0 Å². The molecule has 0 spiro atoms. The van der Waals surface area contributed by atoms with Gasteiger partial charge in [0.25, 0.3) is 0 Å². The van der Waals surface area contributed by atoms with E-state index in [0.29, 0.717) is 6.42 Å². The highest BCUT2D eigenvalue weighted by Gasteiger charge is 2.20. The molecular formula is C56H111NO4. The average Bonchev–Trinajstić information content (AvgIpc) is 3.25. The van der Waals surface area contributed by atoms with E-state index in [9.17, 15) is 20.1 Å². The van der Waals surface area contributed by atoms with Crippen LogP contribution < -0.4 is 5.32 Å². The second-order valence-corrected chi connectivity index (χ2v) is 19.6. The van der Waals surface area contributed by atoms with Crippen LogP contribution in [0.15, 0.2) is 12.2 Å². The summed E-state index contributed by atoms with van der Waals surface area (Å²) < 4.78 is 0. The molecule has 0 rings (SSSR count). The predicted molar refractivity (Wildman–Crippen MR) is 269 cm³/mol. The quantitative estimate of drug-likeness (QED) is 0.0362. The molecule has 0 aromatic carbocycles. The van der Waals surface area contributed by atoms with Crippen molar-refractivity contribution in [3.8, 4) is 0 Å². The first-order valence-electron chi connectivity index (χ1n) is 28.0. The summed E-state index contributed by atoms with van der Waals surface area (Å²) in [6.45, 7) is 4.25. The Kier molecular flexibility index (Phi) is 51.0. The maximum absolute atomic E-state index is 12.5. The first kappa shape index (κ1) is 60.1. The van der Waals surface area contributed by atoms with E-state index in [-0.39, 0.29) is 18.9 Å². The molecular weight excluding hydrogens is 751 g/mol. The van der Waals surface area contributed by atoms with Gasteiger partial charge in [-0.2, -0.15) is 0 Å². The van der Waals surface area contributed by atoms with Crippen molar-refractivity contribution >= 4 is 5.91 Å². The third-order valence-corrected chi connectivity index (χ3v) is 13.3. The van der Waals surface area contributed by atoms with Crippen LogP contribution in [0.3, 0.4) is 0 Å². The third-order valence-electron chi connectivity index (χ3n) is 13.3. The molecule has 3 unspecified atom stereocenters. The molecule has 5 nitrogen and oxygen atoms in total. The summed E-state index contributed by atoms with van der Waals surface area (Å²) in [5.74, 6) is -0.308. The minimum absolute atomic E-state index is 0.0195. The van der Waals surface area contributed by atoms with E-state index in [1.165, 1.54) is 263 Å². The lowest BCUT2D eigenvalue weighted by molar-refractivity contribution is -0.124. The fourth-order valence-corrected chi connectivity index (χ4v) is 9.05. The topological polar surface area (TPSA) is 89.8 Å². The van der Waals surface area contributed by atoms with Crippen LogP contribution in [0.4, 0.5) is 0 Å². The Hall–Kier alpha value is -0.910. The number of allylic oxidation sites excluding steroid dienone is 1. The van der Waals surface area contributed by atoms with Gasteiger partial charge in [0.2, 0.25) is 5.91 Å². The third kappa shape index (κ3) is 48.4. The van der Waals surface area contributed by atoms with Crippen LogP contribution in [0.25, 0.3) is 0 Å². The summed E-state index contributed by atoms with van der Waals surface area (Å²) in [6.07, 6.45) is 64.0. The van der Waals surface area contributed by atoms with E-state index in [4.69, 9.17) is 0 Å². The van der Waals surface area contributed by atoms with E-state index >= 15 is 0 Å². The van der Waals surface area contributed by atoms with E-state index in [0.717, 1.165) is 25.7 Å². The predicted octanol–water partition coefficient (Wildman–Crippen LogP) is 17.1. The Balaban J connectivity index is 3.52. The molecule has 0 aromatic rings. The zero-order valence-corrected chi connectivity index (χ0v) is 41.6. The van der Waals surface area contributed by atoms with E-state index in [2.05, 4.69) is 19.2 Å². The molecule has 0 heterocycles. The number of aliphatic hydroxyl groups excluding tert-OH is 3. The zero-order valence-electron chi connectivity index (χ0n) is 41.6. The highest BCUT2D eigenvalue weighted by atomic mass is 16.3. The zero-order chi connectivity index (χ0) is 44.4. The van der Waals surface area contributed by atoms with Gasteiger partial charge in [0.05, 0.1) is 31.3 Å². The number of aliphatic hydroxyl groups is 3. The highest BCUT2D eigenvalue weighted by Crippen LogP contribution is 2.18. The van der Waals surface area contributed by atoms with E-state index in [1.807, 2.05) is 6.08 Å². The Bertz CT molecular complexity index is 864. The van der Waals surface area contributed by atoms with Gasteiger partial charge in [-0.1, -0.05) is 302 Å². The lowest BCUT2D eigenvalue weighted by Crippen LogP contribution is -2.45. The number of hydrogen-bond donors (Lipinski definition) is 4. The first-order valence-corrected chi connectivity index (χ1v) is 28.0. The van der Waals surface area contributed by atoms with Crippen molar-refractivity contribution in [3.05, 3.63) is 12.2 Å². The highest BCUT2D eigenvalue weighted by molar-refractivity contribution is 5.76. The molecule has 5 heteroatoms. The number of unbranched alkanes of at least 4 members (excludes halogenated alkanes) is 43. The monoisotopic (exact) mass is 862 g/mol. The average molecular weight is 863 g/mol. The number of carbonyl (C=O) groups is 1. The second kappa shape index (κ2) is 51.7. The molecule has 4 N–H and O–H groups in total. The Morgan fingerprint density at radius 1 is 0.410 bits per heavy atom. The summed E-state index contributed by atoms with van der Waals surface area (Å²) in [5, 5.41) is 33.4. The molecule has 1 amide bonds. The number of hydrogen-bond acceptors (Lipinski definition) is 4. The summed E-state index contributed by atoms with van der Waals surface area (Å²) in [5.41, 5.74) is 0. The molecule has 0 fully saturated rings. The molecule has 364 valence electrons. The number of amides is 1. The van der Waals surface area contributed by atoms with Crippen molar-refractivity contribution in [2.45, 2.75) is 334 Å². The van der Waals surface area contributed by atoms with Crippen LogP contribution in [0, 0.1) is 0 Å². The van der Waals surface area contributed by atoms with E-state index in [1.54, 1.807) is 6.08 Å². The van der Waals surface area contributed by atoms with Crippen molar-refractivity contribution in [2.75, 3.05) is 6.61 Å². The van der Waals surface area contributed by atoms with Gasteiger partial charge in [-0.05, 0) is 19.3 Å². The largest absolute Gasteiger partial charge is 0.394 e. The lowest BCUT2D eigenvalue weighted by Gasteiger charge is -2.21. The van der Waals surface area contributed by atoms with Gasteiger partial charge >= 0.3 is 0 Å². The Morgan fingerprint density at radius 3 is 0.951 bits per heavy atom. The Morgan fingerprint density at radius 2 is 0.672 bits per heavy atom. The van der Waals surface area contributed by atoms with Crippen LogP contribution >= 0.6 is 0 Å². The van der Waals surface area contributed by atoms with Gasteiger partial charge in [-0.25, -0.2) is 0 Å². The second-order valence-electron chi connectivity index (χ2n) is 19.6. The molecule has 0 bridgehead atoms. The van der Waals surface area contributed by atoms with Crippen molar-refractivity contribution < 1.29 is 20.1 Å². The van der Waals surface area contributed by atoms with Crippen molar-refractivity contribution in [1.29, 1.82) is 0 Å². The molecule has 3 atom stereocenters. The van der Waals surface area contributed by atoms with Crippen molar-refractivity contribution in [1.82, 2.24) is 5.32 Å². The van der Waals surface area contributed by atoms with Crippen molar-refractivity contribution in [2.24, 2.45) is 0 Å². The van der Waals surface area contributed by atoms with Crippen LogP contribution in [0.1, 0.15) is 316 Å². The van der Waals surface area contributed by atoms with Crippen molar-refractivity contribution in [3.63, 3.8) is 0 Å². The van der Waals surface area contributed by atoms with Gasteiger partial charge in [0, 0.05) is 0 Å². The smallest absolute Gasteiger partial charge is 0.222 e. The van der Waals surface area contributed by atoms with Gasteiger partial charge in [-0.3, -0.25) is 4.79 Å². The fourth-order valence-electron chi connectivity index (χ4n) is 9.05. The van der Waals surface area contributed by atoms with Crippen LogP contribution in [-0.4, -0.2) is 46.1 Å². The number of nitrogens with one attached hydrogen (secondary N) is 1. The molecule has 0 aliphatic carbocycles.